The number of fused-ring (bicyclic) bond motifs is 2. The molecule has 0 aromatic carbocycles. The van der Waals surface area contributed by atoms with E-state index in [9.17, 15) is 0 Å². The molecule has 3 aliphatic rings. The standard InChI is InChI=1S/C13H24O2/c1-9-6-7-13(12(2,3)15-5)8-10(9)11(13)14-4/h9-11H,6-8H2,1-5H3/t9-,10+,11+,13+/m1/s1. The lowest BCUT2D eigenvalue weighted by molar-refractivity contribution is -0.268. The van der Waals surface area contributed by atoms with Gasteiger partial charge in [-0.15, -0.1) is 0 Å². The number of rotatable bonds is 3. The lowest BCUT2D eigenvalue weighted by Crippen LogP contribution is -2.68. The van der Waals surface area contributed by atoms with Crippen LogP contribution in [0.1, 0.15) is 40.0 Å². The van der Waals surface area contributed by atoms with E-state index in [4.69, 9.17) is 9.47 Å². The van der Waals surface area contributed by atoms with Gasteiger partial charge >= 0.3 is 0 Å². The highest BCUT2D eigenvalue weighted by molar-refractivity contribution is 5.14. The van der Waals surface area contributed by atoms with Gasteiger partial charge in [0.1, 0.15) is 0 Å². The van der Waals surface area contributed by atoms with E-state index >= 15 is 0 Å². The normalized spacial score (nSPS) is 45.0. The largest absolute Gasteiger partial charge is 0.380 e. The summed E-state index contributed by atoms with van der Waals surface area (Å²) in [5.41, 5.74) is 0.220. The van der Waals surface area contributed by atoms with Gasteiger partial charge in [-0.3, -0.25) is 0 Å². The summed E-state index contributed by atoms with van der Waals surface area (Å²) in [6, 6.07) is 0. The maximum atomic E-state index is 5.74. The Morgan fingerprint density at radius 1 is 1.27 bits per heavy atom. The lowest BCUT2D eigenvalue weighted by atomic mass is 9.44. The van der Waals surface area contributed by atoms with E-state index in [-0.39, 0.29) is 11.0 Å². The van der Waals surface area contributed by atoms with Gasteiger partial charge < -0.3 is 9.47 Å². The molecule has 0 aliphatic heterocycles. The van der Waals surface area contributed by atoms with Gasteiger partial charge in [-0.2, -0.15) is 0 Å². The zero-order valence-corrected chi connectivity index (χ0v) is 10.7. The minimum absolute atomic E-state index is 0.0513. The van der Waals surface area contributed by atoms with Gasteiger partial charge in [-0.05, 0) is 44.9 Å². The second kappa shape index (κ2) is 3.46. The molecule has 15 heavy (non-hydrogen) atoms. The van der Waals surface area contributed by atoms with Crippen molar-refractivity contribution in [3.05, 3.63) is 0 Å². The highest BCUT2D eigenvalue weighted by Crippen LogP contribution is 2.64. The predicted molar refractivity (Wildman–Crippen MR) is 60.8 cm³/mol. The van der Waals surface area contributed by atoms with Crippen LogP contribution in [-0.4, -0.2) is 25.9 Å². The molecule has 2 bridgehead atoms. The molecule has 0 aromatic rings. The first-order valence-corrected chi connectivity index (χ1v) is 6.06. The molecule has 2 heteroatoms. The molecule has 0 amide bonds. The Balaban J connectivity index is 2.23. The van der Waals surface area contributed by atoms with E-state index in [1.54, 1.807) is 0 Å². The fraction of sp³-hybridized carbons (Fsp3) is 1.00. The lowest BCUT2D eigenvalue weighted by Gasteiger charge is -2.66. The van der Waals surface area contributed by atoms with Crippen molar-refractivity contribution in [1.82, 2.24) is 0 Å². The van der Waals surface area contributed by atoms with Crippen LogP contribution in [0.4, 0.5) is 0 Å². The Morgan fingerprint density at radius 2 is 1.93 bits per heavy atom. The molecule has 0 spiro atoms. The Morgan fingerprint density at radius 3 is 2.40 bits per heavy atom. The van der Waals surface area contributed by atoms with Crippen molar-refractivity contribution in [3.63, 3.8) is 0 Å². The van der Waals surface area contributed by atoms with E-state index in [2.05, 4.69) is 20.8 Å². The molecule has 3 rings (SSSR count). The zero-order chi connectivity index (χ0) is 11.3. The maximum Gasteiger partial charge on any atom is 0.0703 e. The summed E-state index contributed by atoms with van der Waals surface area (Å²) >= 11 is 0. The first-order chi connectivity index (χ1) is 6.98. The predicted octanol–water partition coefficient (Wildman–Crippen LogP) is 2.86. The summed E-state index contributed by atoms with van der Waals surface area (Å²) in [6.07, 6.45) is 4.28. The van der Waals surface area contributed by atoms with Gasteiger partial charge in [0.25, 0.3) is 0 Å². The Bertz CT molecular complexity index is 245. The van der Waals surface area contributed by atoms with Gasteiger partial charge in [0, 0.05) is 19.6 Å². The summed E-state index contributed by atoms with van der Waals surface area (Å²) in [5, 5.41) is 0. The smallest absolute Gasteiger partial charge is 0.0703 e. The zero-order valence-electron chi connectivity index (χ0n) is 10.7. The van der Waals surface area contributed by atoms with Crippen LogP contribution >= 0.6 is 0 Å². The second-order valence-corrected chi connectivity index (χ2v) is 5.91. The molecule has 0 N–H and O–H groups in total. The van der Waals surface area contributed by atoms with Crippen LogP contribution in [0, 0.1) is 17.3 Å². The third-order valence-corrected chi connectivity index (χ3v) is 5.27. The summed E-state index contributed by atoms with van der Waals surface area (Å²) in [6.45, 7) is 6.79. The summed E-state index contributed by atoms with van der Waals surface area (Å²) < 4.78 is 11.4. The number of methoxy groups -OCH3 is 2. The molecule has 2 nitrogen and oxygen atoms in total. The molecule has 0 saturated heterocycles. The molecule has 0 radical (unpaired) electrons. The van der Waals surface area contributed by atoms with Gasteiger partial charge in [-0.25, -0.2) is 0 Å². The molecular formula is C13H24O2. The summed E-state index contributed by atoms with van der Waals surface area (Å²) in [7, 11) is 3.68. The van der Waals surface area contributed by atoms with Crippen LogP contribution in [0.15, 0.2) is 0 Å². The fourth-order valence-electron chi connectivity index (χ4n) is 3.83. The van der Waals surface area contributed by atoms with Crippen LogP contribution in [0.5, 0.6) is 0 Å². The van der Waals surface area contributed by atoms with Crippen molar-refractivity contribution in [2.24, 2.45) is 17.3 Å². The first-order valence-electron chi connectivity index (χ1n) is 6.06. The Kier molecular flexibility index (Phi) is 2.63. The Hall–Kier alpha value is -0.0800. The molecule has 0 unspecified atom stereocenters. The van der Waals surface area contributed by atoms with Crippen LogP contribution < -0.4 is 0 Å². The highest BCUT2D eigenvalue weighted by Gasteiger charge is 2.65. The molecule has 0 heterocycles. The van der Waals surface area contributed by atoms with Crippen molar-refractivity contribution < 1.29 is 9.47 Å². The molecule has 3 saturated carbocycles. The first kappa shape index (κ1) is 11.4. The van der Waals surface area contributed by atoms with E-state index < -0.39 is 0 Å². The maximum absolute atomic E-state index is 5.74. The number of hydrogen-bond donors (Lipinski definition) is 0. The molecule has 3 aliphatic carbocycles. The summed E-state index contributed by atoms with van der Waals surface area (Å²) in [4.78, 5) is 0. The number of ether oxygens (including phenoxy) is 2. The SMILES string of the molecule is CO[C@H]1[C@H]2C[C@@]1(C(C)(C)OC)CC[C@H]2C. The van der Waals surface area contributed by atoms with Crippen LogP contribution in [0.25, 0.3) is 0 Å². The van der Waals surface area contributed by atoms with Crippen molar-refractivity contribution >= 4 is 0 Å². The minimum Gasteiger partial charge on any atom is -0.380 e. The van der Waals surface area contributed by atoms with E-state index in [0.717, 1.165) is 11.8 Å². The molecule has 4 atom stereocenters. The minimum atomic E-state index is -0.0513. The van der Waals surface area contributed by atoms with Gasteiger partial charge in [0.2, 0.25) is 0 Å². The average Bonchev–Trinajstić information content (AvgIpc) is 2.17. The third kappa shape index (κ3) is 1.31. The van der Waals surface area contributed by atoms with E-state index in [1.807, 2.05) is 14.2 Å². The monoisotopic (exact) mass is 212 g/mol. The third-order valence-electron chi connectivity index (χ3n) is 5.27. The molecule has 3 fully saturated rings. The van der Waals surface area contributed by atoms with Crippen molar-refractivity contribution in [2.45, 2.75) is 51.7 Å². The average molecular weight is 212 g/mol. The number of hydrogen-bond acceptors (Lipinski definition) is 2. The Labute approximate surface area is 93.3 Å². The van der Waals surface area contributed by atoms with Crippen LogP contribution in [0.3, 0.4) is 0 Å². The molecule has 88 valence electrons. The highest BCUT2D eigenvalue weighted by atomic mass is 16.5. The van der Waals surface area contributed by atoms with Crippen LogP contribution in [0.2, 0.25) is 0 Å². The van der Waals surface area contributed by atoms with Gasteiger partial charge in [0.05, 0.1) is 11.7 Å². The van der Waals surface area contributed by atoms with Gasteiger partial charge in [-0.1, -0.05) is 6.92 Å². The molecular weight excluding hydrogens is 188 g/mol. The van der Waals surface area contributed by atoms with Crippen LogP contribution in [-0.2, 0) is 9.47 Å². The topological polar surface area (TPSA) is 18.5 Å². The summed E-state index contributed by atoms with van der Waals surface area (Å²) in [5.74, 6) is 1.59. The van der Waals surface area contributed by atoms with Crippen molar-refractivity contribution in [1.29, 1.82) is 0 Å². The van der Waals surface area contributed by atoms with Gasteiger partial charge in [0.15, 0.2) is 0 Å². The van der Waals surface area contributed by atoms with Crippen molar-refractivity contribution in [2.75, 3.05) is 14.2 Å². The van der Waals surface area contributed by atoms with Crippen molar-refractivity contribution in [3.8, 4) is 0 Å². The van der Waals surface area contributed by atoms with E-state index in [0.29, 0.717) is 6.10 Å². The quantitative estimate of drug-likeness (QED) is 0.716. The second-order valence-electron chi connectivity index (χ2n) is 5.91. The molecule has 0 aromatic heterocycles. The fourth-order valence-corrected chi connectivity index (χ4v) is 3.83. The van der Waals surface area contributed by atoms with E-state index in [1.165, 1.54) is 19.3 Å².